The SMILES string of the molecule is COc1ccc(C(=O)N=C(OC(C)C)N(C)CCc2ccc(OC)c(OC)c2)cc1. The van der Waals surface area contributed by atoms with Crippen molar-refractivity contribution in [2.45, 2.75) is 26.4 Å². The van der Waals surface area contributed by atoms with E-state index in [1.165, 1.54) is 0 Å². The average molecular weight is 415 g/mol. The molecule has 7 nitrogen and oxygen atoms in total. The minimum Gasteiger partial charge on any atom is -0.497 e. The molecule has 7 heteroatoms. The standard InChI is InChI=1S/C23H30N2O5/c1-16(2)30-23(24-22(26)18-8-10-19(27-4)11-9-18)25(3)14-13-17-7-12-20(28-5)21(15-17)29-6/h7-12,15-16H,13-14H2,1-6H3. The number of amidine groups is 1. The molecule has 0 fully saturated rings. The molecule has 0 saturated carbocycles. The number of likely N-dealkylation sites (N-methyl/N-ethyl adjacent to an activating group) is 1. The molecule has 30 heavy (non-hydrogen) atoms. The number of aliphatic imine (C=N–C) groups is 1. The van der Waals surface area contributed by atoms with Gasteiger partial charge in [-0.2, -0.15) is 4.99 Å². The van der Waals surface area contributed by atoms with Gasteiger partial charge in [-0.25, -0.2) is 0 Å². The van der Waals surface area contributed by atoms with E-state index in [-0.39, 0.29) is 18.0 Å². The van der Waals surface area contributed by atoms with Crippen molar-refractivity contribution >= 4 is 11.9 Å². The maximum absolute atomic E-state index is 12.6. The van der Waals surface area contributed by atoms with Gasteiger partial charge in [-0.15, -0.1) is 0 Å². The molecular formula is C23H30N2O5. The Morgan fingerprint density at radius 2 is 1.63 bits per heavy atom. The Morgan fingerprint density at radius 1 is 0.967 bits per heavy atom. The zero-order chi connectivity index (χ0) is 22.1. The van der Waals surface area contributed by atoms with E-state index in [4.69, 9.17) is 18.9 Å². The van der Waals surface area contributed by atoms with Gasteiger partial charge < -0.3 is 23.8 Å². The molecule has 0 radical (unpaired) electrons. The quantitative estimate of drug-likeness (QED) is 0.483. The molecule has 0 aliphatic carbocycles. The summed E-state index contributed by atoms with van der Waals surface area (Å²) in [4.78, 5) is 18.6. The predicted molar refractivity (Wildman–Crippen MR) is 117 cm³/mol. The fraction of sp³-hybridized carbons (Fsp3) is 0.391. The van der Waals surface area contributed by atoms with Crippen LogP contribution in [0.1, 0.15) is 29.8 Å². The number of carbonyl (C=O) groups excluding carboxylic acids is 1. The summed E-state index contributed by atoms with van der Waals surface area (Å²) in [6.07, 6.45) is 0.601. The molecule has 2 aromatic carbocycles. The van der Waals surface area contributed by atoms with Gasteiger partial charge in [-0.3, -0.25) is 4.79 Å². The van der Waals surface area contributed by atoms with Gasteiger partial charge in [0, 0.05) is 19.2 Å². The number of hydrogen-bond acceptors (Lipinski definition) is 5. The molecular weight excluding hydrogens is 384 g/mol. The molecule has 0 unspecified atom stereocenters. The van der Waals surface area contributed by atoms with Crippen LogP contribution < -0.4 is 14.2 Å². The number of benzene rings is 2. The van der Waals surface area contributed by atoms with E-state index in [1.807, 2.05) is 44.0 Å². The fourth-order valence-electron chi connectivity index (χ4n) is 2.73. The second-order valence-corrected chi connectivity index (χ2v) is 6.96. The summed E-state index contributed by atoms with van der Waals surface area (Å²) in [5.74, 6) is 1.68. The molecule has 0 aromatic heterocycles. The summed E-state index contributed by atoms with van der Waals surface area (Å²) in [5.41, 5.74) is 1.54. The van der Waals surface area contributed by atoms with Crippen molar-refractivity contribution < 1.29 is 23.7 Å². The van der Waals surface area contributed by atoms with E-state index in [2.05, 4.69) is 4.99 Å². The molecule has 0 aliphatic heterocycles. The Kier molecular flexibility index (Phi) is 8.53. The minimum atomic E-state index is -0.369. The number of methoxy groups -OCH3 is 3. The molecule has 162 valence electrons. The molecule has 2 aromatic rings. The lowest BCUT2D eigenvalue weighted by Gasteiger charge is -2.23. The van der Waals surface area contributed by atoms with E-state index in [0.717, 1.165) is 5.56 Å². The molecule has 0 atom stereocenters. The van der Waals surface area contributed by atoms with E-state index >= 15 is 0 Å². The first-order valence-electron chi connectivity index (χ1n) is 9.73. The van der Waals surface area contributed by atoms with Gasteiger partial charge in [0.15, 0.2) is 11.5 Å². The number of ether oxygens (including phenoxy) is 4. The van der Waals surface area contributed by atoms with Crippen LogP contribution in [0.2, 0.25) is 0 Å². The van der Waals surface area contributed by atoms with Crippen molar-refractivity contribution in [3.05, 3.63) is 53.6 Å². The molecule has 0 aliphatic rings. The third kappa shape index (κ3) is 6.40. The van der Waals surface area contributed by atoms with Gasteiger partial charge in [0.05, 0.1) is 27.4 Å². The Hall–Kier alpha value is -3.22. The summed E-state index contributed by atoms with van der Waals surface area (Å²) in [7, 11) is 6.65. The summed E-state index contributed by atoms with van der Waals surface area (Å²) >= 11 is 0. The van der Waals surface area contributed by atoms with E-state index in [1.54, 1.807) is 45.6 Å². The topological polar surface area (TPSA) is 69.6 Å². The minimum absolute atomic E-state index is 0.115. The lowest BCUT2D eigenvalue weighted by molar-refractivity contribution is 0.0990. The van der Waals surface area contributed by atoms with Crippen molar-refractivity contribution in [2.75, 3.05) is 34.9 Å². The van der Waals surface area contributed by atoms with Crippen LogP contribution in [-0.2, 0) is 11.2 Å². The normalized spacial score (nSPS) is 11.2. The van der Waals surface area contributed by atoms with Crippen molar-refractivity contribution in [3.8, 4) is 17.2 Å². The van der Waals surface area contributed by atoms with Gasteiger partial charge in [0.2, 0.25) is 0 Å². The van der Waals surface area contributed by atoms with Crippen LogP contribution in [-0.4, -0.2) is 57.9 Å². The highest BCUT2D eigenvalue weighted by molar-refractivity contribution is 6.01. The highest BCUT2D eigenvalue weighted by Gasteiger charge is 2.15. The summed E-state index contributed by atoms with van der Waals surface area (Å²) in [6, 6.07) is 12.9. The molecule has 0 spiro atoms. The second-order valence-electron chi connectivity index (χ2n) is 6.96. The molecule has 0 bridgehead atoms. The number of nitrogens with zero attached hydrogens (tertiary/aromatic N) is 2. The van der Waals surface area contributed by atoms with Gasteiger partial charge in [-0.1, -0.05) is 6.07 Å². The van der Waals surface area contributed by atoms with Crippen LogP contribution in [0.4, 0.5) is 0 Å². The predicted octanol–water partition coefficient (Wildman–Crippen LogP) is 3.81. The van der Waals surface area contributed by atoms with Gasteiger partial charge >= 0.3 is 0 Å². The van der Waals surface area contributed by atoms with Crippen molar-refractivity contribution in [2.24, 2.45) is 4.99 Å². The molecule has 1 amide bonds. The van der Waals surface area contributed by atoms with Crippen molar-refractivity contribution in [3.63, 3.8) is 0 Å². The van der Waals surface area contributed by atoms with E-state index < -0.39 is 0 Å². The molecule has 2 rings (SSSR count). The van der Waals surface area contributed by atoms with Crippen molar-refractivity contribution in [1.82, 2.24) is 4.90 Å². The summed E-state index contributed by atoms with van der Waals surface area (Å²) in [5, 5.41) is 0. The number of rotatable bonds is 8. The first-order valence-corrected chi connectivity index (χ1v) is 9.73. The third-order valence-electron chi connectivity index (χ3n) is 4.39. The van der Waals surface area contributed by atoms with Gasteiger partial charge in [0.25, 0.3) is 11.9 Å². The Labute approximate surface area is 178 Å². The van der Waals surface area contributed by atoms with Crippen LogP contribution in [0.25, 0.3) is 0 Å². The molecule has 0 heterocycles. The van der Waals surface area contributed by atoms with Crippen molar-refractivity contribution in [1.29, 1.82) is 0 Å². The zero-order valence-electron chi connectivity index (χ0n) is 18.5. The van der Waals surface area contributed by atoms with Crippen LogP contribution >= 0.6 is 0 Å². The monoisotopic (exact) mass is 414 g/mol. The van der Waals surface area contributed by atoms with Crippen LogP contribution in [0.5, 0.6) is 17.2 Å². The second kappa shape index (κ2) is 11.1. The Morgan fingerprint density at radius 3 is 2.20 bits per heavy atom. The Bertz CT molecular complexity index is 862. The maximum Gasteiger partial charge on any atom is 0.295 e. The lowest BCUT2D eigenvalue weighted by Crippen LogP contribution is -2.33. The fourth-order valence-corrected chi connectivity index (χ4v) is 2.73. The summed E-state index contributed by atoms with van der Waals surface area (Å²) < 4.78 is 21.6. The number of amides is 1. The van der Waals surface area contributed by atoms with Gasteiger partial charge in [0.1, 0.15) is 5.75 Å². The first kappa shape index (κ1) is 23.1. The number of carbonyl (C=O) groups is 1. The largest absolute Gasteiger partial charge is 0.497 e. The van der Waals surface area contributed by atoms with Gasteiger partial charge in [-0.05, 0) is 62.2 Å². The van der Waals surface area contributed by atoms with Crippen LogP contribution in [0, 0.1) is 0 Å². The third-order valence-corrected chi connectivity index (χ3v) is 4.39. The number of hydrogen-bond donors (Lipinski definition) is 0. The van der Waals surface area contributed by atoms with Crippen LogP contribution in [0.15, 0.2) is 47.5 Å². The maximum atomic E-state index is 12.6. The molecule has 0 saturated heterocycles. The summed E-state index contributed by atoms with van der Waals surface area (Å²) in [6.45, 7) is 4.40. The lowest BCUT2D eigenvalue weighted by atomic mass is 10.1. The van der Waals surface area contributed by atoms with Crippen LogP contribution in [0.3, 0.4) is 0 Å². The highest BCUT2D eigenvalue weighted by atomic mass is 16.5. The average Bonchev–Trinajstić information content (AvgIpc) is 2.76. The van der Waals surface area contributed by atoms with E-state index in [9.17, 15) is 4.79 Å². The molecule has 0 N–H and O–H groups in total. The smallest absolute Gasteiger partial charge is 0.295 e. The Balaban J connectivity index is 2.13. The first-order chi connectivity index (χ1) is 14.4. The zero-order valence-corrected chi connectivity index (χ0v) is 18.5. The van der Waals surface area contributed by atoms with E-state index in [0.29, 0.717) is 35.8 Å². The highest BCUT2D eigenvalue weighted by Crippen LogP contribution is 2.27.